The number of carbonyl (C=O) groups is 3. The Hall–Kier alpha value is -3.35. The molecule has 0 atom stereocenters. The lowest BCUT2D eigenvalue weighted by Gasteiger charge is -2.24. The Morgan fingerprint density at radius 2 is 1.69 bits per heavy atom. The van der Waals surface area contributed by atoms with Gasteiger partial charge in [-0.15, -0.1) is 0 Å². The summed E-state index contributed by atoms with van der Waals surface area (Å²) in [6, 6.07) is 13.5. The standard InChI is InChI=1S/C22H26N2O5/c1-5-28-22(27)17-10-12-18(13-11-17)23-21(26)14-24(16(4)25)19-8-6-7-9-20(19)29-15(2)3/h6-13,15H,5,14H2,1-4H3,(H,23,26). The molecule has 0 aliphatic rings. The molecule has 0 aliphatic carbocycles. The van der Waals surface area contributed by atoms with Crippen LogP contribution in [0, 0.1) is 0 Å². The molecule has 7 nitrogen and oxygen atoms in total. The zero-order chi connectivity index (χ0) is 21.4. The molecule has 0 fully saturated rings. The van der Waals surface area contributed by atoms with Crippen molar-refractivity contribution in [1.29, 1.82) is 0 Å². The van der Waals surface area contributed by atoms with Crippen LogP contribution in [-0.2, 0) is 14.3 Å². The van der Waals surface area contributed by atoms with Crippen molar-refractivity contribution in [3.63, 3.8) is 0 Å². The van der Waals surface area contributed by atoms with Crippen molar-refractivity contribution in [2.45, 2.75) is 33.8 Å². The van der Waals surface area contributed by atoms with E-state index < -0.39 is 5.97 Å². The number of esters is 1. The average Bonchev–Trinajstić information content (AvgIpc) is 2.67. The van der Waals surface area contributed by atoms with Crippen molar-refractivity contribution in [3.8, 4) is 5.75 Å². The fourth-order valence-corrected chi connectivity index (χ4v) is 2.65. The molecule has 0 heterocycles. The van der Waals surface area contributed by atoms with Crippen LogP contribution in [-0.4, -0.2) is 37.0 Å². The highest BCUT2D eigenvalue weighted by Gasteiger charge is 2.20. The van der Waals surface area contributed by atoms with Crippen LogP contribution in [0.1, 0.15) is 38.1 Å². The van der Waals surface area contributed by atoms with E-state index >= 15 is 0 Å². The molecule has 2 rings (SSSR count). The molecule has 0 saturated carbocycles. The first-order valence-electron chi connectivity index (χ1n) is 9.42. The van der Waals surface area contributed by atoms with Crippen LogP contribution in [0.25, 0.3) is 0 Å². The zero-order valence-electron chi connectivity index (χ0n) is 17.1. The third-order valence-electron chi connectivity index (χ3n) is 3.88. The summed E-state index contributed by atoms with van der Waals surface area (Å²) in [5.41, 5.74) is 1.44. The van der Waals surface area contributed by atoms with E-state index in [9.17, 15) is 14.4 Å². The van der Waals surface area contributed by atoms with E-state index in [1.165, 1.54) is 11.8 Å². The van der Waals surface area contributed by atoms with Gasteiger partial charge in [0.15, 0.2) is 0 Å². The first-order valence-corrected chi connectivity index (χ1v) is 9.42. The largest absolute Gasteiger partial charge is 0.489 e. The van der Waals surface area contributed by atoms with Crippen LogP contribution in [0.2, 0.25) is 0 Å². The van der Waals surface area contributed by atoms with Crippen LogP contribution in [0.4, 0.5) is 11.4 Å². The van der Waals surface area contributed by atoms with Crippen LogP contribution in [0.5, 0.6) is 5.75 Å². The number of nitrogens with zero attached hydrogens (tertiary/aromatic N) is 1. The monoisotopic (exact) mass is 398 g/mol. The second-order valence-corrected chi connectivity index (χ2v) is 6.59. The van der Waals surface area contributed by atoms with E-state index in [-0.39, 0.29) is 24.5 Å². The molecule has 2 aromatic rings. The summed E-state index contributed by atoms with van der Waals surface area (Å²) in [7, 11) is 0. The number of para-hydroxylation sites is 2. The van der Waals surface area contributed by atoms with Crippen LogP contribution in [0.3, 0.4) is 0 Å². The number of hydrogen-bond donors (Lipinski definition) is 1. The summed E-state index contributed by atoms with van der Waals surface area (Å²) in [5, 5.41) is 2.73. The molecule has 0 radical (unpaired) electrons. The summed E-state index contributed by atoms with van der Waals surface area (Å²) < 4.78 is 10.7. The lowest BCUT2D eigenvalue weighted by Crippen LogP contribution is -2.37. The molecule has 29 heavy (non-hydrogen) atoms. The van der Waals surface area contributed by atoms with Gasteiger partial charge in [-0.25, -0.2) is 4.79 Å². The number of nitrogens with one attached hydrogen (secondary N) is 1. The van der Waals surface area contributed by atoms with Crippen molar-refractivity contribution < 1.29 is 23.9 Å². The average molecular weight is 398 g/mol. The van der Waals surface area contributed by atoms with Crippen molar-refractivity contribution in [2.24, 2.45) is 0 Å². The Balaban J connectivity index is 2.11. The number of rotatable bonds is 8. The summed E-state index contributed by atoms with van der Waals surface area (Å²) in [6.45, 7) is 7.03. The number of ether oxygens (including phenoxy) is 2. The van der Waals surface area contributed by atoms with Gasteiger partial charge in [-0.05, 0) is 57.2 Å². The minimum Gasteiger partial charge on any atom is -0.489 e. The predicted octanol–water partition coefficient (Wildman–Crippen LogP) is 3.64. The van der Waals surface area contributed by atoms with Gasteiger partial charge in [-0.3, -0.25) is 14.5 Å². The van der Waals surface area contributed by atoms with Gasteiger partial charge in [0.25, 0.3) is 0 Å². The second-order valence-electron chi connectivity index (χ2n) is 6.59. The van der Waals surface area contributed by atoms with Gasteiger partial charge >= 0.3 is 5.97 Å². The molecule has 0 aliphatic heterocycles. The summed E-state index contributed by atoms with van der Waals surface area (Å²) in [4.78, 5) is 37.8. The van der Waals surface area contributed by atoms with E-state index in [4.69, 9.17) is 9.47 Å². The van der Waals surface area contributed by atoms with E-state index in [0.29, 0.717) is 29.3 Å². The number of anilines is 2. The molecular formula is C22H26N2O5. The Bertz CT molecular complexity index is 862. The third-order valence-corrected chi connectivity index (χ3v) is 3.88. The Kier molecular flexibility index (Phi) is 7.77. The van der Waals surface area contributed by atoms with Crippen molar-refractivity contribution in [1.82, 2.24) is 0 Å². The molecule has 2 aromatic carbocycles. The quantitative estimate of drug-likeness (QED) is 0.686. The van der Waals surface area contributed by atoms with Gasteiger partial charge in [0.2, 0.25) is 11.8 Å². The first-order chi connectivity index (χ1) is 13.8. The number of amides is 2. The van der Waals surface area contributed by atoms with E-state index in [1.807, 2.05) is 19.9 Å². The highest BCUT2D eigenvalue weighted by molar-refractivity contribution is 6.02. The summed E-state index contributed by atoms with van der Waals surface area (Å²) in [6.07, 6.45) is -0.0725. The van der Waals surface area contributed by atoms with Crippen molar-refractivity contribution >= 4 is 29.2 Å². The summed E-state index contributed by atoms with van der Waals surface area (Å²) >= 11 is 0. The molecule has 0 saturated heterocycles. The number of benzene rings is 2. The fraction of sp³-hybridized carbons (Fsp3) is 0.318. The highest BCUT2D eigenvalue weighted by Crippen LogP contribution is 2.29. The van der Waals surface area contributed by atoms with Gasteiger partial charge in [-0.2, -0.15) is 0 Å². The lowest BCUT2D eigenvalue weighted by molar-refractivity contribution is -0.120. The fourth-order valence-electron chi connectivity index (χ4n) is 2.65. The third kappa shape index (κ3) is 6.34. The highest BCUT2D eigenvalue weighted by atomic mass is 16.5. The minimum atomic E-state index is -0.421. The van der Waals surface area contributed by atoms with Crippen LogP contribution < -0.4 is 15.0 Å². The smallest absolute Gasteiger partial charge is 0.338 e. The first kappa shape index (κ1) is 21.9. The van der Waals surface area contributed by atoms with Crippen molar-refractivity contribution in [3.05, 3.63) is 54.1 Å². The molecule has 154 valence electrons. The van der Waals surface area contributed by atoms with Gasteiger partial charge in [0.1, 0.15) is 12.3 Å². The molecule has 0 aromatic heterocycles. The second kappa shape index (κ2) is 10.3. The van der Waals surface area contributed by atoms with Gasteiger partial charge in [0, 0.05) is 12.6 Å². The molecule has 0 unspecified atom stereocenters. The molecule has 0 spiro atoms. The van der Waals surface area contributed by atoms with Crippen LogP contribution >= 0.6 is 0 Å². The summed E-state index contributed by atoms with van der Waals surface area (Å²) in [5.74, 6) is -0.541. The number of carbonyl (C=O) groups excluding carboxylic acids is 3. The SMILES string of the molecule is CCOC(=O)c1ccc(NC(=O)CN(C(C)=O)c2ccccc2OC(C)C)cc1. The van der Waals surface area contributed by atoms with Gasteiger partial charge < -0.3 is 14.8 Å². The predicted molar refractivity (Wildman–Crippen MR) is 111 cm³/mol. The van der Waals surface area contributed by atoms with E-state index in [1.54, 1.807) is 49.4 Å². The van der Waals surface area contributed by atoms with Gasteiger partial charge in [0.05, 0.1) is 24.0 Å². The van der Waals surface area contributed by atoms with Crippen molar-refractivity contribution in [2.75, 3.05) is 23.4 Å². The zero-order valence-corrected chi connectivity index (χ0v) is 17.1. The molecular weight excluding hydrogens is 372 g/mol. The maximum absolute atomic E-state index is 12.5. The Morgan fingerprint density at radius 1 is 1.03 bits per heavy atom. The lowest BCUT2D eigenvalue weighted by atomic mass is 10.2. The van der Waals surface area contributed by atoms with Gasteiger partial charge in [-0.1, -0.05) is 12.1 Å². The molecule has 0 bridgehead atoms. The maximum atomic E-state index is 12.5. The molecule has 2 amide bonds. The molecule has 7 heteroatoms. The Labute approximate surface area is 170 Å². The molecule has 1 N–H and O–H groups in total. The van der Waals surface area contributed by atoms with E-state index in [0.717, 1.165) is 0 Å². The Morgan fingerprint density at radius 3 is 2.28 bits per heavy atom. The number of hydrogen-bond acceptors (Lipinski definition) is 5. The van der Waals surface area contributed by atoms with E-state index in [2.05, 4.69) is 5.32 Å². The maximum Gasteiger partial charge on any atom is 0.338 e. The van der Waals surface area contributed by atoms with Crippen LogP contribution in [0.15, 0.2) is 48.5 Å². The normalized spacial score (nSPS) is 10.4. The topological polar surface area (TPSA) is 84.9 Å². The minimum absolute atomic E-state index is 0.0725.